The maximum atomic E-state index is 11.3. The summed E-state index contributed by atoms with van der Waals surface area (Å²) in [6, 6.07) is 8.85. The Bertz CT molecular complexity index is 691. The number of hydrogen-bond acceptors (Lipinski definition) is 4. The van der Waals surface area contributed by atoms with Gasteiger partial charge in [-0.05, 0) is 43.2 Å². The number of nitrogens with zero attached hydrogens (tertiary/aromatic N) is 3. The summed E-state index contributed by atoms with van der Waals surface area (Å²) in [4.78, 5) is 0. The number of piperidine rings is 1. The topological polar surface area (TPSA) is 63.0 Å². The Morgan fingerprint density at radius 1 is 1.22 bits per heavy atom. The molecule has 0 amide bonds. The maximum Gasteiger partial charge on any atom is 0.0997 e. The maximum absolute atomic E-state index is 11.3. The van der Waals surface area contributed by atoms with E-state index in [1.54, 1.807) is 4.68 Å². The lowest BCUT2D eigenvalue weighted by Crippen LogP contribution is -2.47. The Morgan fingerprint density at radius 3 is 2.57 bits per heavy atom. The van der Waals surface area contributed by atoms with E-state index in [9.17, 15) is 5.11 Å². The fraction of sp³-hybridized carbons (Fsp3) is 0.556. The molecule has 5 nitrogen and oxygen atoms in total. The molecule has 23 heavy (non-hydrogen) atoms. The van der Waals surface area contributed by atoms with Crippen molar-refractivity contribution in [3.63, 3.8) is 0 Å². The van der Waals surface area contributed by atoms with Crippen molar-refractivity contribution in [3.05, 3.63) is 47.3 Å². The van der Waals surface area contributed by atoms with Gasteiger partial charge in [0, 0.05) is 25.7 Å². The first-order valence-corrected chi connectivity index (χ1v) is 8.48. The third-order valence-electron chi connectivity index (χ3n) is 5.15. The normalized spacial score (nSPS) is 31.3. The molecule has 5 heteroatoms. The van der Waals surface area contributed by atoms with Crippen molar-refractivity contribution in [2.24, 2.45) is 7.05 Å². The molecule has 1 aliphatic carbocycles. The molecule has 1 saturated carbocycles. The third-order valence-corrected chi connectivity index (χ3v) is 5.15. The van der Waals surface area contributed by atoms with Crippen LogP contribution in [0.4, 0.5) is 0 Å². The van der Waals surface area contributed by atoms with E-state index < -0.39 is 5.60 Å². The number of benzene rings is 1. The Balaban J connectivity index is 1.59. The Labute approximate surface area is 136 Å². The minimum Gasteiger partial charge on any atom is -0.385 e. The zero-order valence-corrected chi connectivity index (χ0v) is 13.7. The van der Waals surface area contributed by atoms with E-state index in [0.717, 1.165) is 17.2 Å². The zero-order chi connectivity index (χ0) is 16.0. The van der Waals surface area contributed by atoms with E-state index >= 15 is 0 Å². The highest BCUT2D eigenvalue weighted by Gasteiger charge is 2.40. The first kappa shape index (κ1) is 14.8. The van der Waals surface area contributed by atoms with Gasteiger partial charge in [0.25, 0.3) is 0 Å². The molecule has 2 aromatic rings. The molecule has 2 heterocycles. The Morgan fingerprint density at radius 2 is 1.96 bits per heavy atom. The number of nitrogens with one attached hydrogen (secondary N) is 1. The van der Waals surface area contributed by atoms with Crippen molar-refractivity contribution in [2.75, 3.05) is 0 Å². The lowest BCUT2D eigenvalue weighted by Gasteiger charge is -2.40. The molecule has 1 saturated heterocycles. The van der Waals surface area contributed by atoms with Crippen molar-refractivity contribution >= 4 is 0 Å². The molecule has 0 bridgehead atoms. The zero-order valence-electron chi connectivity index (χ0n) is 13.7. The van der Waals surface area contributed by atoms with Crippen LogP contribution in [0, 0.1) is 0 Å². The minimum atomic E-state index is -0.811. The molecule has 0 radical (unpaired) electrons. The van der Waals surface area contributed by atoms with Crippen LogP contribution < -0.4 is 5.32 Å². The van der Waals surface area contributed by atoms with E-state index in [4.69, 9.17) is 0 Å². The van der Waals surface area contributed by atoms with Crippen LogP contribution in [-0.2, 0) is 12.6 Å². The Kier molecular flexibility index (Phi) is 3.50. The molecular formula is C18H24N4O. The van der Waals surface area contributed by atoms with E-state index in [2.05, 4.69) is 46.8 Å². The number of hydrogen-bond donors (Lipinski definition) is 2. The van der Waals surface area contributed by atoms with Gasteiger partial charge in [-0.15, -0.1) is 5.10 Å². The lowest BCUT2D eigenvalue weighted by molar-refractivity contribution is -0.0235. The van der Waals surface area contributed by atoms with Gasteiger partial charge in [-0.2, -0.15) is 0 Å². The van der Waals surface area contributed by atoms with Gasteiger partial charge in [0.1, 0.15) is 0 Å². The molecule has 1 aromatic heterocycles. The summed E-state index contributed by atoms with van der Waals surface area (Å²) in [5, 5.41) is 23.1. The van der Waals surface area contributed by atoms with E-state index in [-0.39, 0.29) is 12.1 Å². The largest absolute Gasteiger partial charge is 0.385 e. The molecule has 122 valence electrons. The molecular weight excluding hydrogens is 288 g/mol. The van der Waals surface area contributed by atoms with Crippen molar-refractivity contribution in [1.82, 2.24) is 20.3 Å². The number of aliphatic hydroxyl groups is 1. The van der Waals surface area contributed by atoms with Gasteiger partial charge in [0.15, 0.2) is 0 Å². The molecule has 2 fully saturated rings. The van der Waals surface area contributed by atoms with Crippen LogP contribution in [0.15, 0.2) is 30.5 Å². The standard InChI is InChI=1S/C18H24N4O/c1-12-9-18(23,10-16(19-12)17-11-22(2)21-20-17)15-7-5-14(6-8-15)13-3-4-13/h5-8,11-13,16,19,23H,3-4,9-10H2,1-2H3/t12-,16-,18?/m0/s1. The van der Waals surface area contributed by atoms with E-state index in [0.29, 0.717) is 12.8 Å². The number of aromatic nitrogens is 3. The number of rotatable bonds is 3. The molecule has 2 N–H and O–H groups in total. The average molecular weight is 312 g/mol. The van der Waals surface area contributed by atoms with Gasteiger partial charge in [0.2, 0.25) is 0 Å². The summed E-state index contributed by atoms with van der Waals surface area (Å²) >= 11 is 0. The molecule has 1 aliphatic heterocycles. The molecule has 1 aromatic carbocycles. The summed E-state index contributed by atoms with van der Waals surface area (Å²) in [7, 11) is 1.87. The molecule has 4 rings (SSSR count). The van der Waals surface area contributed by atoms with Gasteiger partial charge in [-0.25, -0.2) is 0 Å². The third kappa shape index (κ3) is 2.91. The lowest BCUT2D eigenvalue weighted by atomic mass is 9.78. The van der Waals surface area contributed by atoms with Gasteiger partial charge in [-0.1, -0.05) is 29.5 Å². The van der Waals surface area contributed by atoms with Crippen LogP contribution in [-0.4, -0.2) is 26.1 Å². The minimum absolute atomic E-state index is 0.0283. The van der Waals surface area contributed by atoms with Crippen LogP contribution in [0.5, 0.6) is 0 Å². The molecule has 2 aliphatic rings. The van der Waals surface area contributed by atoms with Crippen LogP contribution >= 0.6 is 0 Å². The fourth-order valence-electron chi connectivity index (χ4n) is 3.82. The van der Waals surface area contributed by atoms with Crippen molar-refractivity contribution in [3.8, 4) is 0 Å². The molecule has 1 unspecified atom stereocenters. The highest BCUT2D eigenvalue weighted by Crippen LogP contribution is 2.43. The Hall–Kier alpha value is -1.72. The first-order chi connectivity index (χ1) is 11.0. The van der Waals surface area contributed by atoms with E-state index in [1.807, 2.05) is 13.2 Å². The SMILES string of the molecule is C[C@H]1CC(O)(c2ccc(C3CC3)cc2)C[C@@H](c2cn(C)nn2)N1. The summed E-state index contributed by atoms with van der Waals surface area (Å²) in [6.45, 7) is 2.12. The van der Waals surface area contributed by atoms with Crippen LogP contribution in [0.1, 0.15) is 61.4 Å². The van der Waals surface area contributed by atoms with Gasteiger partial charge < -0.3 is 10.4 Å². The van der Waals surface area contributed by atoms with Crippen molar-refractivity contribution in [2.45, 2.75) is 56.2 Å². The fourth-order valence-corrected chi connectivity index (χ4v) is 3.82. The smallest absolute Gasteiger partial charge is 0.0997 e. The average Bonchev–Trinajstić information content (AvgIpc) is 3.28. The monoisotopic (exact) mass is 312 g/mol. The summed E-state index contributed by atoms with van der Waals surface area (Å²) < 4.78 is 1.71. The number of aryl methyl sites for hydroxylation is 1. The highest BCUT2D eigenvalue weighted by atomic mass is 16.3. The van der Waals surface area contributed by atoms with Gasteiger partial charge in [0.05, 0.1) is 17.3 Å². The summed E-state index contributed by atoms with van der Waals surface area (Å²) in [6.07, 6.45) is 5.87. The predicted molar refractivity (Wildman–Crippen MR) is 87.9 cm³/mol. The van der Waals surface area contributed by atoms with Crippen LogP contribution in [0.25, 0.3) is 0 Å². The van der Waals surface area contributed by atoms with Crippen LogP contribution in [0.3, 0.4) is 0 Å². The highest BCUT2D eigenvalue weighted by molar-refractivity contribution is 5.32. The summed E-state index contributed by atoms with van der Waals surface area (Å²) in [5.74, 6) is 0.748. The molecule has 3 atom stereocenters. The van der Waals surface area contributed by atoms with Crippen LogP contribution in [0.2, 0.25) is 0 Å². The van der Waals surface area contributed by atoms with Gasteiger partial charge >= 0.3 is 0 Å². The summed E-state index contributed by atoms with van der Waals surface area (Å²) in [5.41, 5.74) is 2.51. The predicted octanol–water partition coefficient (Wildman–Crippen LogP) is 2.39. The van der Waals surface area contributed by atoms with Crippen molar-refractivity contribution < 1.29 is 5.11 Å². The second kappa shape index (κ2) is 5.42. The second-order valence-corrected chi connectivity index (χ2v) is 7.27. The van der Waals surface area contributed by atoms with E-state index in [1.165, 1.54) is 18.4 Å². The molecule has 0 spiro atoms. The first-order valence-electron chi connectivity index (χ1n) is 8.48. The van der Waals surface area contributed by atoms with Gasteiger partial charge in [-0.3, -0.25) is 4.68 Å². The van der Waals surface area contributed by atoms with Crippen molar-refractivity contribution in [1.29, 1.82) is 0 Å². The quantitative estimate of drug-likeness (QED) is 0.913. The second-order valence-electron chi connectivity index (χ2n) is 7.27.